The summed E-state index contributed by atoms with van der Waals surface area (Å²) in [5.74, 6) is -0.618. The van der Waals surface area contributed by atoms with E-state index in [0.29, 0.717) is 25.9 Å². The van der Waals surface area contributed by atoms with Crippen molar-refractivity contribution >= 4 is 17.9 Å². The molecule has 0 saturated heterocycles. The number of hydrogen-bond acceptors (Lipinski definition) is 4. The number of unbranched alkanes of at least 4 members (excludes halogenated alkanes) is 1. The lowest BCUT2D eigenvalue weighted by Gasteiger charge is -2.36. The highest BCUT2D eigenvalue weighted by Gasteiger charge is 2.37. The summed E-state index contributed by atoms with van der Waals surface area (Å²) in [6, 6.07) is 6.28. The zero-order valence-corrected chi connectivity index (χ0v) is 23.1. The fourth-order valence-electron chi connectivity index (χ4n) is 3.80. The van der Waals surface area contributed by atoms with Crippen molar-refractivity contribution in [1.29, 1.82) is 0 Å². The Labute approximate surface area is 212 Å². The van der Waals surface area contributed by atoms with Crippen LogP contribution in [-0.2, 0) is 20.7 Å². The normalized spacial score (nSPS) is 13.9. The smallest absolute Gasteiger partial charge is 0.408 e. The zero-order chi connectivity index (χ0) is 26.6. The van der Waals surface area contributed by atoms with Crippen LogP contribution in [0.3, 0.4) is 0 Å². The molecule has 3 atom stereocenters. The maximum absolute atomic E-state index is 14.0. The molecule has 0 radical (unpaired) electrons. The second kappa shape index (κ2) is 14.7. The van der Waals surface area contributed by atoms with Crippen LogP contribution in [0.15, 0.2) is 24.3 Å². The van der Waals surface area contributed by atoms with Gasteiger partial charge < -0.3 is 20.3 Å². The van der Waals surface area contributed by atoms with E-state index in [4.69, 9.17) is 4.74 Å². The van der Waals surface area contributed by atoms with Gasteiger partial charge in [-0.2, -0.15) is 0 Å². The molecule has 0 aromatic heterocycles. The van der Waals surface area contributed by atoms with Gasteiger partial charge >= 0.3 is 6.09 Å². The lowest BCUT2D eigenvalue weighted by Crippen LogP contribution is -2.55. The third kappa shape index (κ3) is 9.90. The Kier molecular flexibility index (Phi) is 12.8. The van der Waals surface area contributed by atoms with Crippen LogP contribution >= 0.6 is 0 Å². The topological polar surface area (TPSA) is 87.7 Å². The monoisotopic (exact) mass is 489 g/mol. The minimum absolute atomic E-state index is 0.138. The van der Waals surface area contributed by atoms with Gasteiger partial charge in [0.05, 0.1) is 0 Å². The first-order valence-electron chi connectivity index (χ1n) is 13.1. The summed E-state index contributed by atoms with van der Waals surface area (Å²) in [6.45, 7) is 16.3. The minimum atomic E-state index is -0.803. The van der Waals surface area contributed by atoms with Crippen molar-refractivity contribution in [3.8, 4) is 0 Å². The summed E-state index contributed by atoms with van der Waals surface area (Å²) in [5, 5.41) is 5.81. The van der Waals surface area contributed by atoms with Gasteiger partial charge in [-0.3, -0.25) is 9.59 Å². The fourth-order valence-corrected chi connectivity index (χ4v) is 3.80. The molecule has 0 bridgehead atoms. The quantitative estimate of drug-likeness (QED) is 0.364. The number of alkyl carbamates (subject to hydrolysis) is 1. The van der Waals surface area contributed by atoms with Crippen LogP contribution < -0.4 is 10.6 Å². The number of rotatable bonds is 13. The molecule has 0 saturated carbocycles. The highest BCUT2D eigenvalue weighted by Crippen LogP contribution is 2.25. The highest BCUT2D eigenvalue weighted by molar-refractivity contribution is 5.92. The first kappa shape index (κ1) is 30.5. The van der Waals surface area contributed by atoms with Crippen molar-refractivity contribution in [2.24, 2.45) is 5.92 Å². The molecule has 0 aliphatic heterocycles. The third-order valence-corrected chi connectivity index (χ3v) is 5.99. The third-order valence-electron chi connectivity index (χ3n) is 5.99. The number of carbonyl (C=O) groups excluding carboxylic acids is 3. The lowest BCUT2D eigenvalue weighted by atomic mass is 9.95. The first-order valence-corrected chi connectivity index (χ1v) is 13.1. The lowest BCUT2D eigenvalue weighted by molar-refractivity contribution is -0.143. The van der Waals surface area contributed by atoms with Crippen LogP contribution in [0.4, 0.5) is 4.79 Å². The summed E-state index contributed by atoms with van der Waals surface area (Å²) >= 11 is 0. The van der Waals surface area contributed by atoms with Gasteiger partial charge in [-0.15, -0.1) is 0 Å². The highest BCUT2D eigenvalue weighted by atomic mass is 16.6. The van der Waals surface area contributed by atoms with E-state index in [0.717, 1.165) is 30.4 Å². The molecule has 35 heavy (non-hydrogen) atoms. The van der Waals surface area contributed by atoms with Crippen molar-refractivity contribution in [3.05, 3.63) is 35.4 Å². The Morgan fingerprint density at radius 1 is 1.00 bits per heavy atom. The predicted molar refractivity (Wildman–Crippen MR) is 141 cm³/mol. The van der Waals surface area contributed by atoms with Gasteiger partial charge in [0.25, 0.3) is 0 Å². The van der Waals surface area contributed by atoms with Gasteiger partial charge in [0.2, 0.25) is 11.8 Å². The Morgan fingerprint density at radius 2 is 1.63 bits per heavy atom. The van der Waals surface area contributed by atoms with Crippen LogP contribution in [0.25, 0.3) is 0 Å². The molecule has 2 N–H and O–H groups in total. The number of nitrogens with zero attached hydrogens (tertiary/aromatic N) is 1. The van der Waals surface area contributed by atoms with Gasteiger partial charge in [-0.25, -0.2) is 4.79 Å². The van der Waals surface area contributed by atoms with Crippen molar-refractivity contribution in [2.75, 3.05) is 13.1 Å². The summed E-state index contributed by atoms with van der Waals surface area (Å²) < 4.78 is 5.44. The second-order valence-electron chi connectivity index (χ2n) is 10.2. The Bertz CT molecular complexity index is 801. The molecule has 0 aliphatic carbocycles. The molecular formula is C28H47N3O4. The van der Waals surface area contributed by atoms with Crippen molar-refractivity contribution in [2.45, 2.75) is 105 Å². The number of amides is 3. The summed E-state index contributed by atoms with van der Waals surface area (Å²) in [4.78, 5) is 41.7. The molecule has 1 aromatic carbocycles. The number of hydrogen-bond donors (Lipinski definition) is 2. The maximum atomic E-state index is 14.0. The van der Waals surface area contributed by atoms with Gasteiger partial charge in [0.15, 0.2) is 0 Å². The predicted octanol–water partition coefficient (Wildman–Crippen LogP) is 5.38. The second-order valence-corrected chi connectivity index (χ2v) is 10.2. The number of nitrogens with one attached hydrogen (secondary N) is 2. The Hall–Kier alpha value is -2.57. The van der Waals surface area contributed by atoms with Crippen molar-refractivity contribution in [3.63, 3.8) is 0 Å². The molecule has 1 rings (SSSR count). The molecule has 7 heteroatoms. The van der Waals surface area contributed by atoms with E-state index in [1.165, 1.54) is 0 Å². The van der Waals surface area contributed by atoms with Crippen molar-refractivity contribution in [1.82, 2.24) is 15.5 Å². The molecule has 1 aromatic rings. The number of ether oxygens (including phenoxy) is 1. The molecule has 0 fully saturated rings. The standard InChI is InChI=1S/C28H47N3O4/c1-9-13-18-29-25(32)24(22-16-14-21(12-4)15-17-22)31(19-10-2)26(33)23(20(5)11-3)30-27(34)35-28(6,7)8/h14-17,20,23-24H,9-13,18-19H2,1-8H3,(H,29,32)(H,30,34). The van der Waals surface area contributed by atoms with E-state index in [9.17, 15) is 14.4 Å². The van der Waals surface area contributed by atoms with Crippen molar-refractivity contribution < 1.29 is 19.1 Å². The minimum Gasteiger partial charge on any atom is -0.444 e. The average Bonchev–Trinajstić information content (AvgIpc) is 2.80. The van der Waals surface area contributed by atoms with E-state index in [-0.39, 0.29) is 17.7 Å². The van der Waals surface area contributed by atoms with E-state index in [1.807, 2.05) is 45.0 Å². The molecule has 198 valence electrons. The van der Waals surface area contributed by atoms with Gasteiger partial charge in [0.1, 0.15) is 17.7 Å². The summed E-state index contributed by atoms with van der Waals surface area (Å²) in [5.41, 5.74) is 1.24. The summed E-state index contributed by atoms with van der Waals surface area (Å²) in [6.07, 6.45) is 3.45. The average molecular weight is 490 g/mol. The van der Waals surface area contributed by atoms with E-state index in [1.54, 1.807) is 25.7 Å². The molecule has 3 amide bonds. The zero-order valence-electron chi connectivity index (χ0n) is 23.1. The molecule has 3 unspecified atom stereocenters. The molecule has 0 heterocycles. The van der Waals surface area contributed by atoms with Crippen LogP contribution in [0.1, 0.15) is 98.2 Å². The van der Waals surface area contributed by atoms with Crippen LogP contribution in [0, 0.1) is 5.92 Å². The van der Waals surface area contributed by atoms with Crippen LogP contribution in [-0.4, -0.2) is 47.5 Å². The van der Waals surface area contributed by atoms with E-state index < -0.39 is 23.8 Å². The summed E-state index contributed by atoms with van der Waals surface area (Å²) in [7, 11) is 0. The van der Waals surface area contributed by atoms with Gasteiger partial charge in [-0.1, -0.05) is 71.7 Å². The van der Waals surface area contributed by atoms with Gasteiger partial charge in [0, 0.05) is 13.1 Å². The van der Waals surface area contributed by atoms with Crippen LogP contribution in [0.2, 0.25) is 0 Å². The van der Waals surface area contributed by atoms with E-state index in [2.05, 4.69) is 24.5 Å². The first-order chi connectivity index (χ1) is 16.5. The van der Waals surface area contributed by atoms with Crippen LogP contribution in [0.5, 0.6) is 0 Å². The number of carbonyl (C=O) groups is 3. The Morgan fingerprint density at radius 3 is 2.11 bits per heavy atom. The van der Waals surface area contributed by atoms with E-state index >= 15 is 0 Å². The Balaban J connectivity index is 3.40. The number of aryl methyl sites for hydroxylation is 1. The fraction of sp³-hybridized carbons (Fsp3) is 0.679. The largest absolute Gasteiger partial charge is 0.444 e. The molecular weight excluding hydrogens is 442 g/mol. The maximum Gasteiger partial charge on any atom is 0.408 e. The molecule has 7 nitrogen and oxygen atoms in total. The van der Waals surface area contributed by atoms with Gasteiger partial charge in [-0.05, 0) is 57.1 Å². The SMILES string of the molecule is CCCCNC(=O)C(c1ccc(CC)cc1)N(CCC)C(=O)C(NC(=O)OC(C)(C)C)C(C)CC. The molecule has 0 aliphatic rings. The number of benzene rings is 1. The molecule has 0 spiro atoms.